The summed E-state index contributed by atoms with van der Waals surface area (Å²) in [7, 11) is 0. The third-order valence-electron chi connectivity index (χ3n) is 3.74. The van der Waals surface area contributed by atoms with E-state index in [-0.39, 0.29) is 12.4 Å². The average molecular weight is 282 g/mol. The number of ether oxygens (including phenoxy) is 1. The second-order valence-electron chi connectivity index (χ2n) is 5.17. The number of anilines is 1. The molecular formula is C14H22N2O2S. The molecule has 5 heteroatoms. The van der Waals surface area contributed by atoms with Gasteiger partial charge in [0.05, 0.1) is 18.7 Å². The van der Waals surface area contributed by atoms with E-state index in [1.54, 1.807) is 11.3 Å². The van der Waals surface area contributed by atoms with E-state index in [0.717, 1.165) is 29.2 Å². The standard InChI is InChI=1S/C14H22N2O2S/c1-3-18-13(17)7-12-9-19-14(16-12)15-8-11-6-4-5-10(11)2/h9-11H,3-8H2,1-2H3,(H,15,16). The van der Waals surface area contributed by atoms with E-state index in [1.165, 1.54) is 19.3 Å². The van der Waals surface area contributed by atoms with Gasteiger partial charge in [0.2, 0.25) is 0 Å². The van der Waals surface area contributed by atoms with Crippen LogP contribution in [-0.2, 0) is 16.0 Å². The molecule has 0 bridgehead atoms. The van der Waals surface area contributed by atoms with E-state index in [0.29, 0.717) is 6.61 Å². The van der Waals surface area contributed by atoms with Crippen LogP contribution in [-0.4, -0.2) is 24.1 Å². The molecule has 2 rings (SSSR count). The van der Waals surface area contributed by atoms with Gasteiger partial charge in [0, 0.05) is 11.9 Å². The Morgan fingerprint density at radius 3 is 3.11 bits per heavy atom. The highest BCUT2D eigenvalue weighted by Crippen LogP contribution is 2.31. The molecule has 4 nitrogen and oxygen atoms in total. The molecule has 1 N–H and O–H groups in total. The molecule has 0 radical (unpaired) electrons. The molecule has 1 fully saturated rings. The summed E-state index contributed by atoms with van der Waals surface area (Å²) in [5.74, 6) is 1.37. The van der Waals surface area contributed by atoms with Gasteiger partial charge in [-0.15, -0.1) is 11.3 Å². The lowest BCUT2D eigenvalue weighted by Crippen LogP contribution is -2.16. The summed E-state index contributed by atoms with van der Waals surface area (Å²) in [4.78, 5) is 15.8. The number of nitrogens with zero attached hydrogens (tertiary/aromatic N) is 1. The fourth-order valence-electron chi connectivity index (χ4n) is 2.57. The number of hydrogen-bond acceptors (Lipinski definition) is 5. The van der Waals surface area contributed by atoms with Crippen molar-refractivity contribution in [1.29, 1.82) is 0 Å². The number of aromatic nitrogens is 1. The van der Waals surface area contributed by atoms with Crippen molar-refractivity contribution in [1.82, 2.24) is 4.98 Å². The lowest BCUT2D eigenvalue weighted by atomic mass is 9.98. The third kappa shape index (κ3) is 4.20. The number of thiazole rings is 1. The van der Waals surface area contributed by atoms with Crippen LogP contribution in [0, 0.1) is 11.8 Å². The lowest BCUT2D eigenvalue weighted by molar-refractivity contribution is -0.142. The quantitative estimate of drug-likeness (QED) is 0.815. The third-order valence-corrected chi connectivity index (χ3v) is 4.59. The zero-order valence-electron chi connectivity index (χ0n) is 11.6. The number of carbonyl (C=O) groups is 1. The van der Waals surface area contributed by atoms with Crippen LogP contribution in [0.5, 0.6) is 0 Å². The van der Waals surface area contributed by atoms with Crippen LogP contribution in [0.15, 0.2) is 5.38 Å². The monoisotopic (exact) mass is 282 g/mol. The van der Waals surface area contributed by atoms with Gasteiger partial charge in [0.15, 0.2) is 5.13 Å². The van der Waals surface area contributed by atoms with Crippen molar-refractivity contribution in [3.05, 3.63) is 11.1 Å². The molecule has 1 aromatic rings. The van der Waals surface area contributed by atoms with Crippen molar-refractivity contribution < 1.29 is 9.53 Å². The Morgan fingerprint density at radius 2 is 2.42 bits per heavy atom. The Morgan fingerprint density at radius 1 is 1.58 bits per heavy atom. The van der Waals surface area contributed by atoms with Crippen molar-refractivity contribution in [3.63, 3.8) is 0 Å². The van der Waals surface area contributed by atoms with Gasteiger partial charge in [0.1, 0.15) is 0 Å². The van der Waals surface area contributed by atoms with E-state index in [1.807, 2.05) is 12.3 Å². The van der Waals surface area contributed by atoms with Crippen molar-refractivity contribution in [2.75, 3.05) is 18.5 Å². The molecular weight excluding hydrogens is 260 g/mol. The smallest absolute Gasteiger partial charge is 0.311 e. The molecule has 0 aromatic carbocycles. The largest absolute Gasteiger partial charge is 0.466 e. The molecule has 1 aliphatic carbocycles. The van der Waals surface area contributed by atoms with Crippen LogP contribution in [0.4, 0.5) is 5.13 Å². The Bertz CT molecular complexity index is 419. The second-order valence-corrected chi connectivity index (χ2v) is 6.03. The summed E-state index contributed by atoms with van der Waals surface area (Å²) in [6.07, 6.45) is 4.28. The van der Waals surface area contributed by atoms with Crippen molar-refractivity contribution in [2.24, 2.45) is 11.8 Å². The van der Waals surface area contributed by atoms with E-state index >= 15 is 0 Å². The highest BCUT2D eigenvalue weighted by molar-refractivity contribution is 7.13. The highest BCUT2D eigenvalue weighted by Gasteiger charge is 2.23. The minimum absolute atomic E-state index is 0.205. The number of nitrogens with one attached hydrogen (secondary N) is 1. The van der Waals surface area contributed by atoms with Gasteiger partial charge in [-0.2, -0.15) is 0 Å². The normalized spacial score (nSPS) is 22.4. The minimum atomic E-state index is -0.205. The first-order valence-electron chi connectivity index (χ1n) is 7.03. The Balaban J connectivity index is 1.78. The maximum absolute atomic E-state index is 11.4. The summed E-state index contributed by atoms with van der Waals surface area (Å²) in [5.41, 5.74) is 0.797. The summed E-state index contributed by atoms with van der Waals surface area (Å²) in [6.45, 7) is 5.56. The van der Waals surface area contributed by atoms with Crippen LogP contribution < -0.4 is 5.32 Å². The van der Waals surface area contributed by atoms with E-state index in [4.69, 9.17) is 4.74 Å². The first-order valence-corrected chi connectivity index (χ1v) is 7.91. The second kappa shape index (κ2) is 6.89. The van der Waals surface area contributed by atoms with Gasteiger partial charge in [-0.25, -0.2) is 4.98 Å². The van der Waals surface area contributed by atoms with Crippen molar-refractivity contribution in [2.45, 2.75) is 39.5 Å². The number of carbonyl (C=O) groups excluding carboxylic acids is 1. The topological polar surface area (TPSA) is 51.2 Å². The minimum Gasteiger partial charge on any atom is -0.466 e. The summed E-state index contributed by atoms with van der Waals surface area (Å²) in [5, 5.41) is 6.24. The fraction of sp³-hybridized carbons (Fsp3) is 0.714. The van der Waals surface area contributed by atoms with Gasteiger partial charge in [-0.05, 0) is 25.2 Å². The van der Waals surface area contributed by atoms with Gasteiger partial charge in [0.25, 0.3) is 0 Å². The summed E-state index contributed by atoms with van der Waals surface area (Å²) >= 11 is 1.56. The lowest BCUT2D eigenvalue weighted by Gasteiger charge is -2.15. The number of esters is 1. The summed E-state index contributed by atoms with van der Waals surface area (Å²) < 4.78 is 4.92. The fourth-order valence-corrected chi connectivity index (χ4v) is 3.29. The molecule has 0 spiro atoms. The highest BCUT2D eigenvalue weighted by atomic mass is 32.1. The number of rotatable bonds is 6. The number of hydrogen-bond donors (Lipinski definition) is 1. The maximum Gasteiger partial charge on any atom is 0.311 e. The van der Waals surface area contributed by atoms with Crippen molar-refractivity contribution in [3.8, 4) is 0 Å². The van der Waals surface area contributed by atoms with Crippen LogP contribution in [0.1, 0.15) is 38.8 Å². The van der Waals surface area contributed by atoms with Crippen LogP contribution in [0.2, 0.25) is 0 Å². The molecule has 2 unspecified atom stereocenters. The molecule has 1 saturated carbocycles. The van der Waals surface area contributed by atoms with Crippen LogP contribution >= 0.6 is 11.3 Å². The first-order chi connectivity index (χ1) is 9.19. The Labute approximate surface area is 118 Å². The zero-order chi connectivity index (χ0) is 13.7. The van der Waals surface area contributed by atoms with E-state index in [9.17, 15) is 4.79 Å². The Kier molecular flexibility index (Phi) is 5.19. The van der Waals surface area contributed by atoms with Crippen LogP contribution in [0.3, 0.4) is 0 Å². The zero-order valence-corrected chi connectivity index (χ0v) is 12.5. The van der Waals surface area contributed by atoms with Gasteiger partial charge in [-0.1, -0.05) is 19.8 Å². The van der Waals surface area contributed by atoms with E-state index < -0.39 is 0 Å². The predicted octanol–water partition coefficient (Wildman–Crippen LogP) is 3.10. The molecule has 0 aliphatic heterocycles. The Hall–Kier alpha value is -1.10. The molecule has 0 saturated heterocycles. The molecule has 1 aliphatic rings. The SMILES string of the molecule is CCOC(=O)Cc1csc(NCC2CCCC2C)n1. The molecule has 1 aromatic heterocycles. The van der Waals surface area contributed by atoms with Crippen LogP contribution in [0.25, 0.3) is 0 Å². The molecule has 106 valence electrons. The van der Waals surface area contributed by atoms with Gasteiger partial charge < -0.3 is 10.1 Å². The van der Waals surface area contributed by atoms with Crippen molar-refractivity contribution >= 4 is 22.4 Å². The molecule has 0 amide bonds. The average Bonchev–Trinajstić information content (AvgIpc) is 2.96. The van der Waals surface area contributed by atoms with E-state index in [2.05, 4.69) is 17.2 Å². The maximum atomic E-state index is 11.4. The predicted molar refractivity (Wildman–Crippen MR) is 77.4 cm³/mol. The van der Waals surface area contributed by atoms with Gasteiger partial charge >= 0.3 is 5.97 Å². The van der Waals surface area contributed by atoms with Gasteiger partial charge in [-0.3, -0.25) is 4.79 Å². The molecule has 1 heterocycles. The summed E-state index contributed by atoms with van der Waals surface area (Å²) in [6, 6.07) is 0. The first kappa shape index (κ1) is 14.3. The molecule has 2 atom stereocenters. The molecule has 19 heavy (non-hydrogen) atoms.